The van der Waals surface area contributed by atoms with Gasteiger partial charge >= 0.3 is 0 Å². The highest BCUT2D eigenvalue weighted by atomic mass is 19.1. The van der Waals surface area contributed by atoms with Gasteiger partial charge in [0, 0.05) is 18.0 Å². The van der Waals surface area contributed by atoms with Gasteiger partial charge < -0.3 is 21.8 Å². The largest absolute Gasteiger partial charge is 0.381 e. The lowest BCUT2D eigenvalue weighted by atomic mass is 10.2. The molecule has 0 spiro atoms. The van der Waals surface area contributed by atoms with Crippen molar-refractivity contribution in [2.75, 3.05) is 11.1 Å². The lowest BCUT2D eigenvalue weighted by molar-refractivity contribution is 0.100. The first kappa shape index (κ1) is 12.6. The topological polar surface area (TPSA) is 127 Å². The van der Waals surface area contributed by atoms with Crippen LogP contribution in [0, 0.1) is 5.82 Å². The molecule has 1 amide bonds. The SMILES string of the molecule is NC(=O)c1cc(F)c(N)nc1Nc1cc[nH]c(=O)c1. The molecule has 0 bridgehead atoms. The van der Waals surface area contributed by atoms with Crippen LogP contribution in [0.4, 0.5) is 21.7 Å². The van der Waals surface area contributed by atoms with Crippen LogP contribution in [-0.4, -0.2) is 15.9 Å². The molecule has 2 heterocycles. The number of primary amides is 1. The van der Waals surface area contributed by atoms with E-state index in [0.717, 1.165) is 6.07 Å². The summed E-state index contributed by atoms with van der Waals surface area (Å²) in [5.74, 6) is -2.10. The Morgan fingerprint density at radius 1 is 1.42 bits per heavy atom. The second-order valence-electron chi connectivity index (χ2n) is 3.68. The first-order chi connectivity index (χ1) is 8.97. The monoisotopic (exact) mass is 263 g/mol. The second kappa shape index (κ2) is 4.77. The molecule has 0 saturated carbocycles. The van der Waals surface area contributed by atoms with E-state index in [9.17, 15) is 14.0 Å². The van der Waals surface area contributed by atoms with Gasteiger partial charge in [-0.05, 0) is 12.1 Å². The van der Waals surface area contributed by atoms with Crippen molar-refractivity contribution in [2.45, 2.75) is 0 Å². The molecule has 2 rings (SSSR count). The van der Waals surface area contributed by atoms with Gasteiger partial charge in [0.1, 0.15) is 5.82 Å². The average molecular weight is 263 g/mol. The van der Waals surface area contributed by atoms with Gasteiger partial charge in [-0.15, -0.1) is 0 Å². The molecule has 2 aromatic heterocycles. The van der Waals surface area contributed by atoms with Crippen molar-refractivity contribution in [3.63, 3.8) is 0 Å². The van der Waals surface area contributed by atoms with Crippen LogP contribution in [-0.2, 0) is 0 Å². The van der Waals surface area contributed by atoms with Crippen LogP contribution in [0.2, 0.25) is 0 Å². The summed E-state index contributed by atoms with van der Waals surface area (Å²) in [5, 5.41) is 2.68. The molecule has 0 saturated heterocycles. The van der Waals surface area contributed by atoms with Gasteiger partial charge in [0.25, 0.3) is 5.91 Å². The molecule has 0 aliphatic carbocycles. The van der Waals surface area contributed by atoms with Crippen molar-refractivity contribution in [1.29, 1.82) is 0 Å². The second-order valence-corrected chi connectivity index (χ2v) is 3.68. The van der Waals surface area contributed by atoms with Gasteiger partial charge in [-0.2, -0.15) is 0 Å². The lowest BCUT2D eigenvalue weighted by Gasteiger charge is -2.10. The van der Waals surface area contributed by atoms with Crippen LogP contribution in [0.15, 0.2) is 29.2 Å². The number of carbonyl (C=O) groups excluding carboxylic acids is 1. The summed E-state index contributed by atoms with van der Waals surface area (Å²) in [7, 11) is 0. The number of amides is 1. The third kappa shape index (κ3) is 2.68. The molecule has 0 aromatic carbocycles. The van der Waals surface area contributed by atoms with Crippen molar-refractivity contribution in [1.82, 2.24) is 9.97 Å². The minimum atomic E-state index is -0.862. The number of carbonyl (C=O) groups is 1. The zero-order chi connectivity index (χ0) is 14.0. The number of hydrogen-bond acceptors (Lipinski definition) is 5. The summed E-state index contributed by atoms with van der Waals surface area (Å²) in [5.41, 5.74) is 10.3. The number of pyridine rings is 2. The maximum Gasteiger partial charge on any atom is 0.252 e. The molecule has 0 aliphatic rings. The van der Waals surface area contributed by atoms with Gasteiger partial charge in [0.05, 0.1) is 5.56 Å². The molecule has 0 atom stereocenters. The number of halogens is 1. The lowest BCUT2D eigenvalue weighted by Crippen LogP contribution is -2.16. The van der Waals surface area contributed by atoms with Gasteiger partial charge in [-0.25, -0.2) is 9.37 Å². The fourth-order valence-electron chi connectivity index (χ4n) is 1.45. The van der Waals surface area contributed by atoms with Crippen LogP contribution in [0.25, 0.3) is 0 Å². The molecule has 0 aliphatic heterocycles. The zero-order valence-corrected chi connectivity index (χ0v) is 9.61. The number of hydrogen-bond donors (Lipinski definition) is 4. The number of rotatable bonds is 3. The molecule has 7 nitrogen and oxygen atoms in total. The molecule has 19 heavy (non-hydrogen) atoms. The standard InChI is InChI=1S/C11H10FN5O2/c12-7-4-6(10(14)19)11(17-9(7)13)16-5-1-2-15-8(18)3-5/h1-4H,(H2,14,19)(H4,13,15,16,17,18). The van der Waals surface area contributed by atoms with E-state index in [0.29, 0.717) is 5.69 Å². The quantitative estimate of drug-likeness (QED) is 0.634. The molecule has 0 radical (unpaired) electrons. The molecule has 8 heteroatoms. The van der Waals surface area contributed by atoms with Gasteiger partial charge in [0.2, 0.25) is 5.56 Å². The Bertz CT molecular complexity index is 698. The number of aromatic nitrogens is 2. The summed E-state index contributed by atoms with van der Waals surface area (Å²) < 4.78 is 13.2. The number of H-pyrrole nitrogens is 1. The third-order valence-corrected chi connectivity index (χ3v) is 2.31. The number of nitrogens with one attached hydrogen (secondary N) is 2. The van der Waals surface area contributed by atoms with Gasteiger partial charge in [-0.1, -0.05) is 0 Å². The smallest absolute Gasteiger partial charge is 0.252 e. The number of nitrogens with zero attached hydrogens (tertiary/aromatic N) is 1. The molecule has 98 valence electrons. The van der Waals surface area contributed by atoms with E-state index in [1.807, 2.05) is 0 Å². The highest BCUT2D eigenvalue weighted by Gasteiger charge is 2.14. The van der Waals surface area contributed by atoms with E-state index in [1.54, 1.807) is 0 Å². The van der Waals surface area contributed by atoms with E-state index in [4.69, 9.17) is 11.5 Å². The Morgan fingerprint density at radius 2 is 2.16 bits per heavy atom. The predicted octanol–water partition coefficient (Wildman–Crippen LogP) is 0.334. The van der Waals surface area contributed by atoms with Crippen molar-refractivity contribution in [2.24, 2.45) is 5.73 Å². The number of anilines is 3. The maximum atomic E-state index is 13.2. The molecule has 6 N–H and O–H groups in total. The third-order valence-electron chi connectivity index (χ3n) is 2.31. The number of nitrogen functional groups attached to an aromatic ring is 1. The number of nitrogens with two attached hydrogens (primary N) is 2. The minimum absolute atomic E-state index is 0.0167. The van der Waals surface area contributed by atoms with E-state index >= 15 is 0 Å². The van der Waals surface area contributed by atoms with Gasteiger partial charge in [0.15, 0.2) is 11.6 Å². The molecular weight excluding hydrogens is 253 g/mol. The Labute approximate surface area is 106 Å². The summed E-state index contributed by atoms with van der Waals surface area (Å²) in [6.07, 6.45) is 1.40. The van der Waals surface area contributed by atoms with Crippen LogP contribution >= 0.6 is 0 Å². The first-order valence-electron chi connectivity index (χ1n) is 5.19. The van der Waals surface area contributed by atoms with Crippen molar-refractivity contribution in [3.8, 4) is 0 Å². The summed E-state index contributed by atoms with van der Waals surface area (Å²) in [4.78, 5) is 28.5. The first-order valence-corrected chi connectivity index (χ1v) is 5.19. The Hall–Kier alpha value is -2.90. The minimum Gasteiger partial charge on any atom is -0.381 e. The van der Waals surface area contributed by atoms with E-state index < -0.39 is 11.7 Å². The number of aromatic amines is 1. The highest BCUT2D eigenvalue weighted by molar-refractivity contribution is 5.98. The van der Waals surface area contributed by atoms with Crippen LogP contribution in [0.3, 0.4) is 0 Å². The van der Waals surface area contributed by atoms with Gasteiger partial charge in [-0.3, -0.25) is 9.59 Å². The highest BCUT2D eigenvalue weighted by Crippen LogP contribution is 2.21. The van der Waals surface area contributed by atoms with Crippen molar-refractivity contribution < 1.29 is 9.18 Å². The summed E-state index contributed by atoms with van der Waals surface area (Å²) >= 11 is 0. The Balaban J connectivity index is 2.47. The van der Waals surface area contributed by atoms with E-state index in [2.05, 4.69) is 15.3 Å². The average Bonchev–Trinajstić information content (AvgIpc) is 2.33. The molecule has 0 fully saturated rings. The fraction of sp³-hybridized carbons (Fsp3) is 0. The van der Waals surface area contributed by atoms with Crippen molar-refractivity contribution in [3.05, 3.63) is 46.1 Å². The maximum absolute atomic E-state index is 13.2. The fourth-order valence-corrected chi connectivity index (χ4v) is 1.45. The van der Waals surface area contributed by atoms with E-state index in [-0.39, 0.29) is 22.8 Å². The Morgan fingerprint density at radius 3 is 2.79 bits per heavy atom. The van der Waals surface area contributed by atoms with Crippen LogP contribution in [0.1, 0.15) is 10.4 Å². The van der Waals surface area contributed by atoms with E-state index in [1.165, 1.54) is 18.3 Å². The molecule has 0 unspecified atom stereocenters. The Kier molecular flexibility index (Phi) is 3.15. The van der Waals surface area contributed by atoms with Crippen LogP contribution < -0.4 is 22.3 Å². The van der Waals surface area contributed by atoms with Crippen molar-refractivity contribution >= 4 is 23.2 Å². The predicted molar refractivity (Wildman–Crippen MR) is 67.5 cm³/mol. The zero-order valence-electron chi connectivity index (χ0n) is 9.61. The van der Waals surface area contributed by atoms with Crippen LogP contribution in [0.5, 0.6) is 0 Å². The normalized spacial score (nSPS) is 10.2. The molecule has 2 aromatic rings. The summed E-state index contributed by atoms with van der Waals surface area (Å²) in [6, 6.07) is 3.67. The molecular formula is C11H10FN5O2. The summed E-state index contributed by atoms with van der Waals surface area (Å²) in [6.45, 7) is 0.